The van der Waals surface area contributed by atoms with Crippen LogP contribution in [0.1, 0.15) is 16.7 Å². The van der Waals surface area contributed by atoms with Gasteiger partial charge in [-0.3, -0.25) is 14.5 Å². The molecule has 5 rings (SSSR count). The van der Waals surface area contributed by atoms with E-state index in [1.165, 1.54) is 17.0 Å². The van der Waals surface area contributed by atoms with Gasteiger partial charge in [0.15, 0.2) is 0 Å². The molecule has 0 fully saturated rings. The fourth-order valence-electron chi connectivity index (χ4n) is 4.39. The largest absolute Gasteiger partial charge is 0.496 e. The van der Waals surface area contributed by atoms with Crippen molar-refractivity contribution in [2.45, 2.75) is 13.0 Å². The zero-order valence-corrected chi connectivity index (χ0v) is 17.5. The molecule has 160 valence electrons. The molecule has 3 aromatic rings. The van der Waals surface area contributed by atoms with Crippen LogP contribution >= 0.6 is 0 Å². The Morgan fingerprint density at radius 3 is 2.41 bits per heavy atom. The van der Waals surface area contributed by atoms with Crippen molar-refractivity contribution in [2.75, 3.05) is 18.6 Å². The van der Waals surface area contributed by atoms with Gasteiger partial charge in [-0.05, 0) is 41.8 Å². The van der Waals surface area contributed by atoms with E-state index in [0.717, 1.165) is 17.7 Å². The van der Waals surface area contributed by atoms with Gasteiger partial charge in [-0.15, -0.1) is 0 Å². The first-order valence-corrected chi connectivity index (χ1v) is 10.4. The minimum absolute atomic E-state index is 0.0651. The van der Waals surface area contributed by atoms with Crippen LogP contribution in [0.15, 0.2) is 78.5 Å². The van der Waals surface area contributed by atoms with Gasteiger partial charge in [-0.2, -0.15) is 0 Å². The Labute approximate surface area is 185 Å². The van der Waals surface area contributed by atoms with Gasteiger partial charge in [0.25, 0.3) is 11.8 Å². The third kappa shape index (κ3) is 3.24. The summed E-state index contributed by atoms with van der Waals surface area (Å²) in [4.78, 5) is 30.4. The molecule has 2 heterocycles. The van der Waals surface area contributed by atoms with Crippen molar-refractivity contribution in [3.05, 3.63) is 101 Å². The van der Waals surface area contributed by atoms with Crippen LogP contribution < -0.4 is 9.64 Å². The second-order valence-electron chi connectivity index (χ2n) is 7.78. The molecule has 2 aliphatic rings. The number of hydrogen-bond donors (Lipinski definition) is 0. The number of benzene rings is 3. The predicted molar refractivity (Wildman–Crippen MR) is 119 cm³/mol. The first kappa shape index (κ1) is 20.0. The lowest BCUT2D eigenvalue weighted by atomic mass is 10.0. The highest BCUT2D eigenvalue weighted by Gasteiger charge is 2.44. The molecule has 0 unspecified atom stereocenters. The fraction of sp³-hybridized carbons (Fsp3) is 0.154. The molecule has 2 aliphatic heterocycles. The molecule has 5 nitrogen and oxygen atoms in total. The average Bonchev–Trinajstić information content (AvgIpc) is 3.34. The van der Waals surface area contributed by atoms with Gasteiger partial charge >= 0.3 is 0 Å². The van der Waals surface area contributed by atoms with Crippen molar-refractivity contribution in [2.24, 2.45) is 0 Å². The first-order chi connectivity index (χ1) is 15.6. The molecular formula is C26H21FN2O3. The van der Waals surface area contributed by atoms with Crippen LogP contribution in [0.25, 0.3) is 5.57 Å². The van der Waals surface area contributed by atoms with Gasteiger partial charge in [0, 0.05) is 17.8 Å². The smallest absolute Gasteiger partial charge is 0.278 e. The second-order valence-corrected chi connectivity index (χ2v) is 7.78. The predicted octanol–water partition coefficient (Wildman–Crippen LogP) is 4.18. The van der Waals surface area contributed by atoms with E-state index in [2.05, 4.69) is 0 Å². The van der Waals surface area contributed by atoms with Crippen molar-refractivity contribution >= 4 is 23.1 Å². The van der Waals surface area contributed by atoms with E-state index in [0.29, 0.717) is 34.7 Å². The highest BCUT2D eigenvalue weighted by atomic mass is 19.1. The summed E-state index contributed by atoms with van der Waals surface area (Å²) in [7, 11) is 1.54. The van der Waals surface area contributed by atoms with Crippen LogP contribution in [0, 0.1) is 5.82 Å². The number of imide groups is 1. The number of carbonyl (C=O) groups excluding carboxylic acids is 2. The summed E-state index contributed by atoms with van der Waals surface area (Å²) in [6.45, 7) is 0.673. The summed E-state index contributed by atoms with van der Waals surface area (Å²) in [5, 5.41) is 0. The quantitative estimate of drug-likeness (QED) is 0.572. The second kappa shape index (κ2) is 7.96. The standard InChI is InChI=1S/C26H21FN2O3/c1-32-22-9-5-3-7-20(22)23-24(28-15-14-18-6-2-4-8-21(18)28)26(31)29(25(23)30)16-17-10-12-19(27)13-11-17/h2-13H,14-16H2,1H3. The molecule has 0 saturated heterocycles. The molecule has 0 spiro atoms. The number of fused-ring (bicyclic) bond motifs is 1. The molecule has 0 radical (unpaired) electrons. The number of rotatable bonds is 5. The van der Waals surface area contributed by atoms with E-state index in [1.54, 1.807) is 31.4 Å². The molecule has 2 amide bonds. The van der Waals surface area contributed by atoms with Gasteiger partial charge < -0.3 is 9.64 Å². The Bertz CT molecular complexity index is 1250. The Balaban J connectivity index is 1.63. The van der Waals surface area contributed by atoms with Gasteiger partial charge in [-0.1, -0.05) is 48.5 Å². The highest BCUT2D eigenvalue weighted by Crippen LogP contribution is 2.41. The van der Waals surface area contributed by atoms with E-state index in [4.69, 9.17) is 4.74 Å². The fourth-order valence-corrected chi connectivity index (χ4v) is 4.39. The van der Waals surface area contributed by atoms with Gasteiger partial charge in [0.2, 0.25) is 0 Å². The number of hydrogen-bond acceptors (Lipinski definition) is 4. The molecule has 32 heavy (non-hydrogen) atoms. The number of halogens is 1. The minimum atomic E-state index is -0.386. The van der Waals surface area contributed by atoms with Crippen LogP contribution in [-0.2, 0) is 22.6 Å². The number of carbonyl (C=O) groups is 2. The lowest BCUT2D eigenvalue weighted by Crippen LogP contribution is -2.34. The Kier molecular flexibility index (Phi) is 4.98. The molecule has 0 aliphatic carbocycles. The molecule has 6 heteroatoms. The summed E-state index contributed by atoms with van der Waals surface area (Å²) in [6.07, 6.45) is 0.790. The van der Waals surface area contributed by atoms with E-state index >= 15 is 0 Å². The molecule has 0 atom stereocenters. The molecular weight excluding hydrogens is 407 g/mol. The number of amides is 2. The van der Waals surface area contributed by atoms with Crippen LogP contribution in [0.3, 0.4) is 0 Å². The normalized spacial score (nSPS) is 15.6. The third-order valence-electron chi connectivity index (χ3n) is 5.93. The van der Waals surface area contributed by atoms with E-state index < -0.39 is 0 Å². The van der Waals surface area contributed by atoms with Gasteiger partial charge in [0.1, 0.15) is 17.3 Å². The zero-order chi connectivity index (χ0) is 22.2. The summed E-state index contributed by atoms with van der Waals surface area (Å²) in [5.74, 6) is -0.590. The Morgan fingerprint density at radius 2 is 1.62 bits per heavy atom. The zero-order valence-electron chi connectivity index (χ0n) is 17.5. The van der Waals surface area contributed by atoms with Crippen LogP contribution in [0.5, 0.6) is 5.75 Å². The summed E-state index contributed by atoms with van der Waals surface area (Å²) in [5.41, 5.74) is 4.00. The van der Waals surface area contributed by atoms with Crippen LogP contribution in [0.2, 0.25) is 0 Å². The Hall–Kier alpha value is -3.93. The molecule has 0 aromatic heterocycles. The number of ether oxygens (including phenoxy) is 1. The maximum Gasteiger partial charge on any atom is 0.278 e. The van der Waals surface area contributed by atoms with Crippen molar-refractivity contribution in [3.63, 3.8) is 0 Å². The summed E-state index contributed by atoms with van der Waals surface area (Å²) < 4.78 is 18.9. The molecule has 0 bridgehead atoms. The van der Waals surface area contributed by atoms with Crippen molar-refractivity contribution in [3.8, 4) is 5.75 Å². The summed E-state index contributed by atoms with van der Waals surface area (Å²) in [6, 6.07) is 20.9. The average molecular weight is 428 g/mol. The van der Waals surface area contributed by atoms with Crippen molar-refractivity contribution < 1.29 is 18.7 Å². The van der Waals surface area contributed by atoms with E-state index in [1.807, 2.05) is 41.3 Å². The Morgan fingerprint density at radius 1 is 0.906 bits per heavy atom. The third-order valence-corrected chi connectivity index (χ3v) is 5.93. The van der Waals surface area contributed by atoms with Gasteiger partial charge in [-0.25, -0.2) is 4.39 Å². The minimum Gasteiger partial charge on any atom is -0.496 e. The first-order valence-electron chi connectivity index (χ1n) is 10.4. The number of para-hydroxylation sites is 2. The maximum absolute atomic E-state index is 13.7. The molecule has 0 N–H and O–H groups in total. The number of nitrogens with zero attached hydrogens (tertiary/aromatic N) is 2. The lowest BCUT2D eigenvalue weighted by molar-refractivity contribution is -0.137. The van der Waals surface area contributed by atoms with Crippen LogP contribution in [-0.4, -0.2) is 30.4 Å². The number of anilines is 1. The van der Waals surface area contributed by atoms with Crippen molar-refractivity contribution in [1.29, 1.82) is 0 Å². The SMILES string of the molecule is COc1ccccc1C1=C(N2CCc3ccccc32)C(=O)N(Cc2ccc(F)cc2)C1=O. The monoisotopic (exact) mass is 428 g/mol. The lowest BCUT2D eigenvalue weighted by Gasteiger charge is -2.22. The topological polar surface area (TPSA) is 49.9 Å². The van der Waals surface area contributed by atoms with Gasteiger partial charge in [0.05, 0.1) is 19.2 Å². The summed E-state index contributed by atoms with van der Waals surface area (Å²) >= 11 is 0. The molecule has 3 aromatic carbocycles. The molecule has 0 saturated carbocycles. The van der Waals surface area contributed by atoms with E-state index in [-0.39, 0.29) is 24.2 Å². The highest BCUT2D eigenvalue weighted by molar-refractivity contribution is 6.37. The number of methoxy groups -OCH3 is 1. The van der Waals surface area contributed by atoms with Crippen LogP contribution in [0.4, 0.5) is 10.1 Å². The van der Waals surface area contributed by atoms with Crippen molar-refractivity contribution in [1.82, 2.24) is 4.90 Å². The maximum atomic E-state index is 13.7. The van der Waals surface area contributed by atoms with E-state index in [9.17, 15) is 14.0 Å².